The van der Waals surface area contributed by atoms with Crippen LogP contribution in [0.15, 0.2) is 59.1 Å². The quantitative estimate of drug-likeness (QED) is 0.650. The highest BCUT2D eigenvalue weighted by Crippen LogP contribution is 2.38. The summed E-state index contributed by atoms with van der Waals surface area (Å²) >= 11 is 3.47. The van der Waals surface area contributed by atoms with Gasteiger partial charge in [-0.1, -0.05) is 58.4 Å². The van der Waals surface area contributed by atoms with Gasteiger partial charge in [-0.3, -0.25) is 0 Å². The Hall–Kier alpha value is -1.85. The standard InChI is InChI=1S/C23H29BrN2O2/c1-17(18-10-12-20(24)13-11-18)26-15-7-14-23(25-21(26)27,16-22(2,3)28)19-8-5-4-6-9-19/h4-6,8-13,17,28H,7,14-16H2,1-3H3,(H,25,27)/t17-,23?/m0/s1. The van der Waals surface area contributed by atoms with Gasteiger partial charge in [0.05, 0.1) is 17.2 Å². The Kier molecular flexibility index (Phi) is 6.15. The molecule has 0 aromatic heterocycles. The van der Waals surface area contributed by atoms with E-state index in [2.05, 4.69) is 28.2 Å². The number of hydrogen-bond donors (Lipinski definition) is 2. The molecule has 150 valence electrons. The number of halogens is 1. The van der Waals surface area contributed by atoms with E-state index in [1.165, 1.54) is 0 Å². The van der Waals surface area contributed by atoms with E-state index in [9.17, 15) is 9.90 Å². The SMILES string of the molecule is C[C@@H](c1ccc(Br)cc1)N1CCCC(CC(C)(C)O)(c2ccccc2)NC1=O. The van der Waals surface area contributed by atoms with Gasteiger partial charge in [0.2, 0.25) is 0 Å². The number of nitrogens with zero attached hydrogens (tertiary/aromatic N) is 1. The molecule has 1 aliphatic heterocycles. The van der Waals surface area contributed by atoms with Gasteiger partial charge in [-0.2, -0.15) is 0 Å². The van der Waals surface area contributed by atoms with E-state index in [0.29, 0.717) is 13.0 Å². The van der Waals surface area contributed by atoms with E-state index in [0.717, 1.165) is 28.4 Å². The fourth-order valence-corrected chi connectivity index (χ4v) is 4.49. The van der Waals surface area contributed by atoms with Crippen LogP contribution in [0.3, 0.4) is 0 Å². The van der Waals surface area contributed by atoms with E-state index < -0.39 is 11.1 Å². The molecule has 1 aliphatic rings. The van der Waals surface area contributed by atoms with Crippen molar-refractivity contribution in [3.8, 4) is 0 Å². The highest BCUT2D eigenvalue weighted by Gasteiger charge is 2.41. The second-order valence-electron chi connectivity index (χ2n) is 8.39. The maximum Gasteiger partial charge on any atom is 0.318 e. The average molecular weight is 445 g/mol. The van der Waals surface area contributed by atoms with E-state index in [1.54, 1.807) is 13.8 Å². The van der Waals surface area contributed by atoms with Crippen molar-refractivity contribution < 1.29 is 9.90 Å². The number of nitrogens with one attached hydrogen (secondary N) is 1. The molecule has 2 aromatic carbocycles. The zero-order valence-corrected chi connectivity index (χ0v) is 18.4. The van der Waals surface area contributed by atoms with Crippen molar-refractivity contribution in [2.75, 3.05) is 6.54 Å². The van der Waals surface area contributed by atoms with Crippen LogP contribution in [0.5, 0.6) is 0 Å². The van der Waals surface area contributed by atoms with Crippen molar-refractivity contribution >= 4 is 22.0 Å². The molecule has 0 saturated carbocycles. The van der Waals surface area contributed by atoms with Crippen LogP contribution < -0.4 is 5.32 Å². The lowest BCUT2D eigenvalue weighted by molar-refractivity contribution is 0.0357. The molecule has 1 fully saturated rings. The third-order valence-corrected chi connectivity index (χ3v) is 6.02. The van der Waals surface area contributed by atoms with Crippen LogP contribution in [-0.2, 0) is 5.54 Å². The Balaban J connectivity index is 1.90. The molecule has 1 heterocycles. The lowest BCUT2D eigenvalue weighted by Crippen LogP contribution is -2.52. The minimum absolute atomic E-state index is 0.0261. The summed E-state index contributed by atoms with van der Waals surface area (Å²) in [5.41, 5.74) is 0.678. The fourth-order valence-electron chi connectivity index (χ4n) is 4.23. The maximum atomic E-state index is 13.3. The topological polar surface area (TPSA) is 52.6 Å². The number of amides is 2. The number of rotatable bonds is 5. The zero-order chi connectivity index (χ0) is 20.4. The second-order valence-corrected chi connectivity index (χ2v) is 9.31. The molecule has 2 amide bonds. The van der Waals surface area contributed by atoms with Gasteiger partial charge in [0.25, 0.3) is 0 Å². The molecular formula is C23H29BrN2O2. The van der Waals surface area contributed by atoms with Crippen LogP contribution in [-0.4, -0.2) is 28.2 Å². The molecule has 0 spiro atoms. The Bertz CT molecular complexity index is 802. The number of carbonyl (C=O) groups is 1. The van der Waals surface area contributed by atoms with Gasteiger partial charge in [-0.25, -0.2) is 4.79 Å². The highest BCUT2D eigenvalue weighted by atomic mass is 79.9. The molecule has 0 bridgehead atoms. The largest absolute Gasteiger partial charge is 0.390 e. The normalized spacial score (nSPS) is 21.8. The van der Waals surface area contributed by atoms with Crippen LogP contribution in [0.25, 0.3) is 0 Å². The smallest absolute Gasteiger partial charge is 0.318 e. The Morgan fingerprint density at radius 2 is 1.82 bits per heavy atom. The van der Waals surface area contributed by atoms with E-state index in [1.807, 2.05) is 59.5 Å². The van der Waals surface area contributed by atoms with Gasteiger partial charge in [-0.05, 0) is 56.9 Å². The summed E-state index contributed by atoms with van der Waals surface area (Å²) in [5, 5.41) is 13.9. The van der Waals surface area contributed by atoms with Crippen molar-refractivity contribution in [3.05, 3.63) is 70.2 Å². The summed E-state index contributed by atoms with van der Waals surface area (Å²) in [4.78, 5) is 15.2. The van der Waals surface area contributed by atoms with Crippen LogP contribution in [0.1, 0.15) is 57.2 Å². The van der Waals surface area contributed by atoms with Crippen LogP contribution >= 0.6 is 15.9 Å². The molecule has 2 atom stereocenters. The number of aliphatic hydroxyl groups is 1. The summed E-state index contributed by atoms with van der Waals surface area (Å²) in [7, 11) is 0. The predicted octanol–water partition coefficient (Wildman–Crippen LogP) is 5.37. The van der Waals surface area contributed by atoms with Gasteiger partial charge in [0.1, 0.15) is 0 Å². The molecule has 28 heavy (non-hydrogen) atoms. The molecule has 0 radical (unpaired) electrons. The molecule has 5 heteroatoms. The van der Waals surface area contributed by atoms with E-state index in [4.69, 9.17) is 0 Å². The van der Waals surface area contributed by atoms with Gasteiger partial charge >= 0.3 is 6.03 Å². The van der Waals surface area contributed by atoms with Crippen LogP contribution in [0, 0.1) is 0 Å². The highest BCUT2D eigenvalue weighted by molar-refractivity contribution is 9.10. The van der Waals surface area contributed by atoms with Crippen LogP contribution in [0.4, 0.5) is 4.79 Å². The first kappa shape index (κ1) is 20.9. The fraction of sp³-hybridized carbons (Fsp3) is 0.435. The minimum atomic E-state index is -0.893. The molecule has 2 N–H and O–H groups in total. The van der Waals surface area contributed by atoms with E-state index >= 15 is 0 Å². The number of hydrogen-bond acceptors (Lipinski definition) is 2. The Labute approximate surface area is 176 Å². The zero-order valence-electron chi connectivity index (χ0n) is 16.8. The maximum absolute atomic E-state index is 13.3. The summed E-state index contributed by atoms with van der Waals surface area (Å²) < 4.78 is 1.03. The lowest BCUT2D eigenvalue weighted by Gasteiger charge is -2.39. The molecule has 3 rings (SSSR count). The lowest BCUT2D eigenvalue weighted by atomic mass is 9.77. The monoisotopic (exact) mass is 444 g/mol. The molecular weight excluding hydrogens is 416 g/mol. The number of carbonyl (C=O) groups excluding carboxylic acids is 1. The molecule has 4 nitrogen and oxygen atoms in total. The summed E-state index contributed by atoms with van der Waals surface area (Å²) in [6.07, 6.45) is 2.12. The van der Waals surface area contributed by atoms with Crippen molar-refractivity contribution in [1.29, 1.82) is 0 Å². The first-order chi connectivity index (χ1) is 13.2. The number of urea groups is 1. The van der Waals surface area contributed by atoms with Crippen molar-refractivity contribution in [2.45, 2.75) is 57.2 Å². The van der Waals surface area contributed by atoms with Gasteiger partial charge in [-0.15, -0.1) is 0 Å². The van der Waals surface area contributed by atoms with E-state index in [-0.39, 0.29) is 12.1 Å². The molecule has 1 saturated heterocycles. The summed E-state index contributed by atoms with van der Waals surface area (Å²) in [6, 6.07) is 18.0. The third-order valence-electron chi connectivity index (χ3n) is 5.49. The first-order valence-electron chi connectivity index (χ1n) is 9.82. The summed E-state index contributed by atoms with van der Waals surface area (Å²) in [6.45, 7) is 6.35. The van der Waals surface area contributed by atoms with Gasteiger partial charge < -0.3 is 15.3 Å². The Morgan fingerprint density at radius 1 is 1.18 bits per heavy atom. The van der Waals surface area contributed by atoms with Gasteiger partial charge in [0, 0.05) is 17.4 Å². The van der Waals surface area contributed by atoms with Crippen LogP contribution in [0.2, 0.25) is 0 Å². The van der Waals surface area contributed by atoms with Crippen molar-refractivity contribution in [2.24, 2.45) is 0 Å². The molecule has 1 unspecified atom stereocenters. The Morgan fingerprint density at radius 3 is 2.43 bits per heavy atom. The number of benzene rings is 2. The molecule has 2 aromatic rings. The predicted molar refractivity (Wildman–Crippen MR) is 116 cm³/mol. The summed E-state index contributed by atoms with van der Waals surface area (Å²) in [5.74, 6) is 0. The van der Waals surface area contributed by atoms with Crippen molar-refractivity contribution in [1.82, 2.24) is 10.2 Å². The second kappa shape index (κ2) is 8.26. The minimum Gasteiger partial charge on any atom is -0.390 e. The first-order valence-corrected chi connectivity index (χ1v) is 10.6. The van der Waals surface area contributed by atoms with Crippen molar-refractivity contribution in [3.63, 3.8) is 0 Å². The van der Waals surface area contributed by atoms with Gasteiger partial charge in [0.15, 0.2) is 0 Å². The third kappa shape index (κ3) is 4.76. The average Bonchev–Trinajstić information content (AvgIpc) is 2.80. The molecule has 0 aliphatic carbocycles.